The van der Waals surface area contributed by atoms with Gasteiger partial charge in [-0.3, -0.25) is 19.4 Å². The second kappa shape index (κ2) is 9.30. The summed E-state index contributed by atoms with van der Waals surface area (Å²) in [5.74, 6) is 0.123. The van der Waals surface area contributed by atoms with E-state index in [2.05, 4.69) is 34.0 Å². The number of hydrogen-bond acceptors (Lipinski definition) is 5. The molecule has 0 N–H and O–H groups in total. The van der Waals surface area contributed by atoms with Gasteiger partial charge in [-0.1, -0.05) is 13.0 Å². The van der Waals surface area contributed by atoms with Crippen LogP contribution in [0.1, 0.15) is 35.9 Å². The van der Waals surface area contributed by atoms with Gasteiger partial charge in [-0.25, -0.2) is 0 Å². The van der Waals surface area contributed by atoms with Gasteiger partial charge < -0.3 is 9.64 Å². The number of morpholine rings is 1. The highest BCUT2D eigenvalue weighted by Crippen LogP contribution is 2.17. The highest BCUT2D eigenvalue weighted by molar-refractivity contribution is 5.76. The van der Waals surface area contributed by atoms with Crippen molar-refractivity contribution in [3.8, 4) is 0 Å². The van der Waals surface area contributed by atoms with Crippen LogP contribution in [0.3, 0.4) is 0 Å². The maximum absolute atomic E-state index is 12.8. The van der Waals surface area contributed by atoms with E-state index in [0.29, 0.717) is 26.2 Å². The normalized spacial score (nSPS) is 17.6. The van der Waals surface area contributed by atoms with E-state index in [1.165, 1.54) is 5.56 Å². The van der Waals surface area contributed by atoms with Crippen LogP contribution in [0.15, 0.2) is 24.5 Å². The molecule has 1 atom stereocenters. The number of carbonyl (C=O) groups is 1. The van der Waals surface area contributed by atoms with Gasteiger partial charge in [0.15, 0.2) is 0 Å². The van der Waals surface area contributed by atoms with Gasteiger partial charge in [0.05, 0.1) is 25.1 Å². The van der Waals surface area contributed by atoms with Gasteiger partial charge in [-0.2, -0.15) is 5.10 Å². The van der Waals surface area contributed by atoms with Gasteiger partial charge in [0.25, 0.3) is 0 Å². The molecule has 28 heavy (non-hydrogen) atoms. The lowest BCUT2D eigenvalue weighted by Gasteiger charge is -2.35. The fourth-order valence-corrected chi connectivity index (χ4v) is 3.45. The van der Waals surface area contributed by atoms with E-state index in [4.69, 9.17) is 4.74 Å². The molecule has 0 radical (unpaired) electrons. The lowest BCUT2D eigenvalue weighted by Crippen LogP contribution is -2.47. The minimum atomic E-state index is 0.0753. The molecular weight excluding hydrogens is 354 g/mol. The summed E-state index contributed by atoms with van der Waals surface area (Å²) in [6.45, 7) is 7.57. The van der Waals surface area contributed by atoms with Crippen molar-refractivity contribution in [2.24, 2.45) is 7.05 Å². The first-order valence-corrected chi connectivity index (χ1v) is 9.95. The molecular formula is C21H31N5O2. The van der Waals surface area contributed by atoms with Crippen molar-refractivity contribution < 1.29 is 9.53 Å². The lowest BCUT2D eigenvalue weighted by atomic mass is 10.1. The molecule has 1 fully saturated rings. The lowest BCUT2D eigenvalue weighted by molar-refractivity contribution is -0.133. The quantitative estimate of drug-likeness (QED) is 0.729. The molecule has 2 aromatic heterocycles. The van der Waals surface area contributed by atoms with Crippen molar-refractivity contribution in [1.82, 2.24) is 24.6 Å². The molecule has 1 saturated heterocycles. The van der Waals surface area contributed by atoms with Crippen LogP contribution in [0.25, 0.3) is 0 Å². The Labute approximate surface area is 167 Å². The highest BCUT2D eigenvalue weighted by atomic mass is 16.5. The zero-order valence-corrected chi connectivity index (χ0v) is 17.4. The summed E-state index contributed by atoms with van der Waals surface area (Å²) in [5.41, 5.74) is 4.44. The van der Waals surface area contributed by atoms with Crippen LogP contribution < -0.4 is 0 Å². The number of hydrogen-bond donors (Lipinski definition) is 0. The second-order valence-electron chi connectivity index (χ2n) is 7.54. The van der Waals surface area contributed by atoms with Crippen LogP contribution in [-0.4, -0.2) is 63.3 Å². The predicted molar refractivity (Wildman–Crippen MR) is 108 cm³/mol. The molecule has 0 spiro atoms. The van der Waals surface area contributed by atoms with Crippen molar-refractivity contribution >= 4 is 5.91 Å². The van der Waals surface area contributed by atoms with Gasteiger partial charge in [0.2, 0.25) is 5.91 Å². The van der Waals surface area contributed by atoms with E-state index < -0.39 is 0 Å². The Kier molecular flexibility index (Phi) is 6.80. The summed E-state index contributed by atoms with van der Waals surface area (Å²) in [5, 5.41) is 4.26. The Balaban J connectivity index is 1.59. The summed E-state index contributed by atoms with van der Waals surface area (Å²) in [6.07, 6.45) is 5.22. The van der Waals surface area contributed by atoms with Crippen molar-refractivity contribution in [2.75, 3.05) is 26.8 Å². The predicted octanol–water partition coefficient (Wildman–Crippen LogP) is 1.94. The summed E-state index contributed by atoms with van der Waals surface area (Å²) in [6, 6.07) is 4.29. The Bertz CT molecular complexity index is 787. The number of ether oxygens (including phenoxy) is 1. The van der Waals surface area contributed by atoms with Gasteiger partial charge in [-0.15, -0.1) is 0 Å². The van der Waals surface area contributed by atoms with Crippen LogP contribution >= 0.6 is 0 Å². The maximum atomic E-state index is 12.8. The smallest absolute Gasteiger partial charge is 0.224 e. The SMILES string of the molecule is CCc1ccc(CN2CCOCC2CC(=O)N(C)Cc2cnn(C)c2C)nc1. The van der Waals surface area contributed by atoms with Gasteiger partial charge in [0.1, 0.15) is 0 Å². The fourth-order valence-electron chi connectivity index (χ4n) is 3.45. The zero-order valence-electron chi connectivity index (χ0n) is 17.4. The van der Waals surface area contributed by atoms with Gasteiger partial charge in [0, 0.05) is 63.6 Å². The van der Waals surface area contributed by atoms with E-state index in [-0.39, 0.29) is 11.9 Å². The molecule has 3 rings (SSSR count). The van der Waals surface area contributed by atoms with E-state index in [1.54, 1.807) is 4.90 Å². The number of aromatic nitrogens is 3. The number of carbonyl (C=O) groups excluding carboxylic acids is 1. The average Bonchev–Trinajstić information content (AvgIpc) is 3.02. The standard InChI is InChI=1S/C21H31N5O2/c1-5-17-6-7-19(22-11-17)14-26-8-9-28-15-20(26)10-21(27)24(3)13-18-12-23-25(4)16(18)2/h6-7,11-12,20H,5,8-10,13-15H2,1-4H3. The largest absolute Gasteiger partial charge is 0.378 e. The fraction of sp³-hybridized carbons (Fsp3) is 0.571. The maximum Gasteiger partial charge on any atom is 0.224 e. The summed E-state index contributed by atoms with van der Waals surface area (Å²) in [4.78, 5) is 21.5. The van der Waals surface area contributed by atoms with Gasteiger partial charge >= 0.3 is 0 Å². The molecule has 7 heteroatoms. The van der Waals surface area contributed by atoms with Crippen molar-refractivity contribution in [2.45, 2.75) is 45.8 Å². The Morgan fingerprint density at radius 3 is 2.82 bits per heavy atom. The van der Waals surface area contributed by atoms with E-state index in [1.807, 2.05) is 38.1 Å². The third kappa shape index (κ3) is 4.97. The molecule has 0 saturated carbocycles. The molecule has 1 amide bonds. The molecule has 2 aromatic rings. The Morgan fingerprint density at radius 2 is 2.18 bits per heavy atom. The minimum absolute atomic E-state index is 0.0753. The number of rotatable bonds is 7. The first-order chi connectivity index (χ1) is 13.5. The summed E-state index contributed by atoms with van der Waals surface area (Å²) < 4.78 is 7.50. The molecule has 152 valence electrons. The van der Waals surface area contributed by atoms with Crippen LogP contribution in [0.5, 0.6) is 0 Å². The van der Waals surface area contributed by atoms with Crippen molar-refractivity contribution in [1.29, 1.82) is 0 Å². The highest BCUT2D eigenvalue weighted by Gasteiger charge is 2.27. The molecule has 0 bridgehead atoms. The molecule has 1 unspecified atom stereocenters. The zero-order chi connectivity index (χ0) is 20.1. The first-order valence-electron chi connectivity index (χ1n) is 9.95. The van der Waals surface area contributed by atoms with E-state index >= 15 is 0 Å². The number of aryl methyl sites for hydroxylation is 2. The molecule has 3 heterocycles. The summed E-state index contributed by atoms with van der Waals surface area (Å²) in [7, 11) is 3.77. The van der Waals surface area contributed by atoms with Crippen LogP contribution in [0.4, 0.5) is 0 Å². The third-order valence-corrected chi connectivity index (χ3v) is 5.59. The number of nitrogens with zero attached hydrogens (tertiary/aromatic N) is 5. The monoisotopic (exact) mass is 385 g/mol. The summed E-state index contributed by atoms with van der Waals surface area (Å²) >= 11 is 0. The molecule has 1 aliphatic rings. The van der Waals surface area contributed by atoms with E-state index in [0.717, 1.165) is 36.5 Å². The van der Waals surface area contributed by atoms with Crippen LogP contribution in [-0.2, 0) is 36.1 Å². The van der Waals surface area contributed by atoms with E-state index in [9.17, 15) is 4.79 Å². The Hall–Kier alpha value is -2.25. The third-order valence-electron chi connectivity index (χ3n) is 5.59. The van der Waals surface area contributed by atoms with Gasteiger partial charge in [-0.05, 0) is 25.0 Å². The number of pyridine rings is 1. The first kappa shape index (κ1) is 20.5. The molecule has 0 aliphatic carbocycles. The number of amides is 1. The average molecular weight is 386 g/mol. The van der Waals surface area contributed by atoms with Crippen molar-refractivity contribution in [3.63, 3.8) is 0 Å². The molecule has 1 aliphatic heterocycles. The minimum Gasteiger partial charge on any atom is -0.378 e. The van der Waals surface area contributed by atoms with Crippen LogP contribution in [0.2, 0.25) is 0 Å². The Morgan fingerprint density at radius 1 is 1.36 bits per heavy atom. The van der Waals surface area contributed by atoms with Crippen LogP contribution in [0, 0.1) is 6.92 Å². The van der Waals surface area contributed by atoms with Crippen molar-refractivity contribution in [3.05, 3.63) is 47.0 Å². The molecule has 7 nitrogen and oxygen atoms in total. The molecule has 0 aromatic carbocycles. The second-order valence-corrected chi connectivity index (χ2v) is 7.54. The topological polar surface area (TPSA) is 63.5 Å².